The SMILES string of the molecule is COc1ccccc1NC(=O)CSc1nnc(N2CCCCC2)n1-c1ccccc1. The van der Waals surface area contributed by atoms with Crippen LogP contribution in [0.25, 0.3) is 5.69 Å². The zero-order valence-corrected chi connectivity index (χ0v) is 17.8. The highest BCUT2D eigenvalue weighted by Crippen LogP contribution is 2.29. The van der Waals surface area contributed by atoms with Crippen LogP contribution in [-0.4, -0.2) is 46.6 Å². The van der Waals surface area contributed by atoms with Crippen LogP contribution in [0.4, 0.5) is 11.6 Å². The third-order valence-corrected chi connectivity index (χ3v) is 5.91. The van der Waals surface area contributed by atoms with Gasteiger partial charge in [0.25, 0.3) is 0 Å². The number of amides is 1. The second-order valence-electron chi connectivity index (χ2n) is 7.04. The Morgan fingerprint density at radius 3 is 2.53 bits per heavy atom. The minimum atomic E-state index is -0.119. The molecule has 0 radical (unpaired) electrons. The van der Waals surface area contributed by atoms with Crippen LogP contribution in [0.2, 0.25) is 0 Å². The molecule has 4 rings (SSSR count). The standard InChI is InChI=1S/C22H25N5O2S/c1-29-19-13-7-6-12-18(19)23-20(28)16-30-22-25-24-21(26-14-8-3-9-15-26)27(22)17-10-4-2-5-11-17/h2,4-7,10-13H,3,8-9,14-16H2,1H3,(H,23,28). The minimum Gasteiger partial charge on any atom is -0.495 e. The van der Waals surface area contributed by atoms with Crippen LogP contribution in [0.5, 0.6) is 5.75 Å². The number of ether oxygens (including phenoxy) is 1. The lowest BCUT2D eigenvalue weighted by molar-refractivity contribution is -0.113. The molecular formula is C22H25N5O2S. The number of hydrogen-bond acceptors (Lipinski definition) is 6. The number of nitrogens with zero attached hydrogens (tertiary/aromatic N) is 4. The van der Waals surface area contributed by atoms with Gasteiger partial charge < -0.3 is 15.0 Å². The van der Waals surface area contributed by atoms with Crippen molar-refractivity contribution in [3.8, 4) is 11.4 Å². The molecule has 0 atom stereocenters. The first-order valence-electron chi connectivity index (χ1n) is 10.1. The first-order valence-corrected chi connectivity index (χ1v) is 11.1. The predicted molar refractivity (Wildman–Crippen MR) is 120 cm³/mol. The van der Waals surface area contributed by atoms with E-state index >= 15 is 0 Å². The number of carbonyl (C=O) groups excluding carboxylic acids is 1. The highest BCUT2D eigenvalue weighted by atomic mass is 32.2. The number of aromatic nitrogens is 3. The van der Waals surface area contributed by atoms with E-state index in [0.717, 1.165) is 37.6 Å². The normalized spacial score (nSPS) is 13.8. The number of carbonyl (C=O) groups is 1. The number of rotatable bonds is 7. The summed E-state index contributed by atoms with van der Waals surface area (Å²) in [5.74, 6) is 1.58. The number of nitrogens with one attached hydrogen (secondary N) is 1. The molecule has 156 valence electrons. The average molecular weight is 424 g/mol. The molecule has 1 aromatic heterocycles. The van der Waals surface area contributed by atoms with Crippen molar-refractivity contribution in [3.63, 3.8) is 0 Å². The first kappa shape index (κ1) is 20.3. The lowest BCUT2D eigenvalue weighted by Gasteiger charge is -2.27. The van der Waals surface area contributed by atoms with E-state index in [-0.39, 0.29) is 11.7 Å². The largest absolute Gasteiger partial charge is 0.495 e. The molecule has 0 saturated carbocycles. The Bertz CT molecular complexity index is 986. The van der Waals surface area contributed by atoms with Gasteiger partial charge in [-0.05, 0) is 43.5 Å². The van der Waals surface area contributed by atoms with Gasteiger partial charge in [0.2, 0.25) is 11.9 Å². The van der Waals surface area contributed by atoms with Crippen molar-refractivity contribution in [2.75, 3.05) is 36.2 Å². The predicted octanol–water partition coefficient (Wildman–Crippen LogP) is 4.00. The number of anilines is 2. The number of piperidine rings is 1. The number of methoxy groups -OCH3 is 1. The Hall–Kier alpha value is -3.00. The molecule has 3 aromatic rings. The topological polar surface area (TPSA) is 72.3 Å². The second-order valence-corrected chi connectivity index (χ2v) is 7.98. The van der Waals surface area contributed by atoms with E-state index in [1.54, 1.807) is 7.11 Å². The molecule has 2 aromatic carbocycles. The van der Waals surface area contributed by atoms with Gasteiger partial charge in [0, 0.05) is 13.1 Å². The second kappa shape index (κ2) is 9.67. The summed E-state index contributed by atoms with van der Waals surface area (Å²) in [6, 6.07) is 17.4. The maximum Gasteiger partial charge on any atom is 0.234 e. The molecule has 0 bridgehead atoms. The van der Waals surface area contributed by atoms with E-state index in [2.05, 4.69) is 20.4 Å². The van der Waals surface area contributed by atoms with Crippen LogP contribution in [-0.2, 0) is 4.79 Å². The lowest BCUT2D eigenvalue weighted by Crippen LogP contribution is -2.31. The Kier molecular flexibility index (Phi) is 6.53. The Balaban J connectivity index is 1.52. The molecule has 7 nitrogen and oxygen atoms in total. The fourth-order valence-electron chi connectivity index (χ4n) is 3.52. The average Bonchev–Trinajstić information content (AvgIpc) is 3.23. The Labute approximate surface area is 180 Å². The van der Waals surface area contributed by atoms with Crippen molar-refractivity contribution in [3.05, 3.63) is 54.6 Å². The molecular weight excluding hydrogens is 398 g/mol. The summed E-state index contributed by atoms with van der Waals surface area (Å²) >= 11 is 1.38. The van der Waals surface area contributed by atoms with Gasteiger partial charge in [-0.15, -0.1) is 10.2 Å². The zero-order valence-electron chi connectivity index (χ0n) is 17.0. The molecule has 0 unspecified atom stereocenters. The lowest BCUT2D eigenvalue weighted by atomic mass is 10.1. The smallest absolute Gasteiger partial charge is 0.234 e. The summed E-state index contributed by atoms with van der Waals surface area (Å²) in [4.78, 5) is 14.8. The van der Waals surface area contributed by atoms with Crippen LogP contribution < -0.4 is 15.0 Å². The highest BCUT2D eigenvalue weighted by Gasteiger charge is 2.22. The van der Waals surface area contributed by atoms with E-state index in [4.69, 9.17) is 4.74 Å². The van der Waals surface area contributed by atoms with Crippen LogP contribution in [0.1, 0.15) is 19.3 Å². The van der Waals surface area contributed by atoms with Crippen LogP contribution >= 0.6 is 11.8 Å². The van der Waals surface area contributed by atoms with E-state index in [1.807, 2.05) is 59.2 Å². The van der Waals surface area contributed by atoms with Crippen LogP contribution in [0.15, 0.2) is 59.8 Å². The van der Waals surface area contributed by atoms with Gasteiger partial charge in [-0.25, -0.2) is 0 Å². The van der Waals surface area contributed by atoms with Gasteiger partial charge in [-0.2, -0.15) is 0 Å². The molecule has 2 heterocycles. The summed E-state index contributed by atoms with van der Waals surface area (Å²) in [6.07, 6.45) is 3.57. The molecule has 1 saturated heterocycles. The van der Waals surface area contributed by atoms with Crippen molar-refractivity contribution >= 4 is 29.3 Å². The molecule has 1 N–H and O–H groups in total. The highest BCUT2D eigenvalue weighted by molar-refractivity contribution is 7.99. The fraction of sp³-hybridized carbons (Fsp3) is 0.318. The molecule has 0 aliphatic carbocycles. The minimum absolute atomic E-state index is 0.119. The summed E-state index contributed by atoms with van der Waals surface area (Å²) < 4.78 is 7.35. The number of benzene rings is 2. The molecule has 1 aliphatic heterocycles. The quantitative estimate of drug-likeness (QED) is 0.579. The number of hydrogen-bond donors (Lipinski definition) is 1. The zero-order chi connectivity index (χ0) is 20.8. The van der Waals surface area contributed by atoms with Gasteiger partial charge in [-0.3, -0.25) is 9.36 Å². The van der Waals surface area contributed by atoms with Crippen molar-refractivity contribution in [1.82, 2.24) is 14.8 Å². The molecule has 30 heavy (non-hydrogen) atoms. The van der Waals surface area contributed by atoms with Crippen molar-refractivity contribution in [2.24, 2.45) is 0 Å². The van der Waals surface area contributed by atoms with Gasteiger partial charge >= 0.3 is 0 Å². The van der Waals surface area contributed by atoms with Crippen molar-refractivity contribution in [2.45, 2.75) is 24.4 Å². The van der Waals surface area contributed by atoms with Crippen molar-refractivity contribution < 1.29 is 9.53 Å². The summed E-state index contributed by atoms with van der Waals surface area (Å²) in [5, 5.41) is 12.5. The van der Waals surface area contributed by atoms with E-state index in [9.17, 15) is 4.79 Å². The molecule has 1 aliphatic rings. The Morgan fingerprint density at radius 2 is 1.77 bits per heavy atom. The molecule has 8 heteroatoms. The van der Waals surface area contributed by atoms with Gasteiger partial charge in [0.1, 0.15) is 5.75 Å². The first-order chi connectivity index (χ1) is 14.8. The third-order valence-electron chi connectivity index (χ3n) is 4.98. The summed E-state index contributed by atoms with van der Waals surface area (Å²) in [6.45, 7) is 1.95. The monoisotopic (exact) mass is 423 g/mol. The van der Waals surface area contributed by atoms with Gasteiger partial charge in [0.05, 0.1) is 24.2 Å². The van der Waals surface area contributed by atoms with E-state index in [1.165, 1.54) is 18.2 Å². The fourth-order valence-corrected chi connectivity index (χ4v) is 4.27. The van der Waals surface area contributed by atoms with Gasteiger partial charge in [0.15, 0.2) is 5.16 Å². The number of para-hydroxylation sites is 3. The third kappa shape index (κ3) is 4.59. The van der Waals surface area contributed by atoms with Crippen LogP contribution in [0.3, 0.4) is 0 Å². The van der Waals surface area contributed by atoms with Crippen LogP contribution in [0, 0.1) is 0 Å². The summed E-state index contributed by atoms with van der Waals surface area (Å²) in [7, 11) is 1.59. The van der Waals surface area contributed by atoms with Gasteiger partial charge in [-0.1, -0.05) is 42.1 Å². The molecule has 0 spiro atoms. The summed E-state index contributed by atoms with van der Waals surface area (Å²) in [5.41, 5.74) is 1.65. The van der Waals surface area contributed by atoms with Crippen molar-refractivity contribution in [1.29, 1.82) is 0 Å². The maximum absolute atomic E-state index is 12.6. The maximum atomic E-state index is 12.6. The molecule has 1 fully saturated rings. The Morgan fingerprint density at radius 1 is 1.03 bits per heavy atom. The van der Waals surface area contributed by atoms with E-state index in [0.29, 0.717) is 16.6 Å². The van der Waals surface area contributed by atoms with E-state index < -0.39 is 0 Å². The molecule has 1 amide bonds. The number of thioether (sulfide) groups is 1.